The van der Waals surface area contributed by atoms with Crippen LogP contribution in [0.25, 0.3) is 0 Å². The van der Waals surface area contributed by atoms with Crippen LogP contribution < -0.4 is 0 Å². The lowest BCUT2D eigenvalue weighted by Gasteiger charge is -2.09. The van der Waals surface area contributed by atoms with E-state index in [2.05, 4.69) is 11.7 Å². The smallest absolute Gasteiger partial charge is 0.166 e. The molecule has 15 heavy (non-hydrogen) atoms. The number of hydrogen-bond acceptors (Lipinski definition) is 2. The van der Waals surface area contributed by atoms with Crippen LogP contribution in [0.1, 0.15) is 18.1 Å². The first-order valence-electron chi connectivity index (χ1n) is 4.14. The Balaban J connectivity index is 3.44. The highest BCUT2D eigenvalue weighted by molar-refractivity contribution is 8.68. The molecule has 0 atom stereocenters. The van der Waals surface area contributed by atoms with Crippen molar-refractivity contribution in [2.24, 2.45) is 0 Å². The molecule has 1 aromatic carbocycles. The summed E-state index contributed by atoms with van der Waals surface area (Å²) in [4.78, 5) is 0. The van der Waals surface area contributed by atoms with E-state index in [9.17, 15) is 17.6 Å². The Hall–Kier alpha value is -0.360. The molecular formula is C9H8F4S2. The van der Waals surface area contributed by atoms with Crippen LogP contribution in [0.5, 0.6) is 0 Å². The van der Waals surface area contributed by atoms with Crippen LogP contribution in [0.4, 0.5) is 17.6 Å². The van der Waals surface area contributed by atoms with Crippen molar-refractivity contribution in [3.05, 3.63) is 34.4 Å². The van der Waals surface area contributed by atoms with Gasteiger partial charge in [-0.1, -0.05) is 17.7 Å². The summed E-state index contributed by atoms with van der Waals surface area (Å²) in [5.74, 6) is -5.50. The van der Waals surface area contributed by atoms with Crippen LogP contribution in [-0.4, -0.2) is 0 Å². The van der Waals surface area contributed by atoms with Crippen molar-refractivity contribution in [2.45, 2.75) is 19.1 Å². The first-order valence-corrected chi connectivity index (χ1v) is 6.18. The summed E-state index contributed by atoms with van der Waals surface area (Å²) in [6, 6.07) is 0. The Kier molecular flexibility index (Phi) is 4.33. The summed E-state index contributed by atoms with van der Waals surface area (Å²) in [7, 11) is 0.795. The second kappa shape index (κ2) is 5.12. The van der Waals surface area contributed by atoms with Gasteiger partial charge >= 0.3 is 0 Å². The Morgan fingerprint density at radius 1 is 0.933 bits per heavy atom. The molecule has 1 aromatic rings. The first-order chi connectivity index (χ1) is 7.04. The van der Waals surface area contributed by atoms with Crippen LogP contribution >= 0.6 is 22.5 Å². The first kappa shape index (κ1) is 12.7. The van der Waals surface area contributed by atoms with E-state index < -0.39 is 34.4 Å². The van der Waals surface area contributed by atoms with E-state index in [0.717, 1.165) is 10.8 Å². The molecule has 0 nitrogen and oxygen atoms in total. The molecule has 0 unspecified atom stereocenters. The van der Waals surface area contributed by atoms with Gasteiger partial charge in [-0.2, -0.15) is 0 Å². The summed E-state index contributed by atoms with van der Waals surface area (Å²) < 4.78 is 52.9. The van der Waals surface area contributed by atoms with Gasteiger partial charge in [0.15, 0.2) is 23.3 Å². The van der Waals surface area contributed by atoms with E-state index >= 15 is 0 Å². The van der Waals surface area contributed by atoms with Crippen LogP contribution in [0.2, 0.25) is 0 Å². The quantitative estimate of drug-likeness (QED) is 0.370. The van der Waals surface area contributed by atoms with Gasteiger partial charge in [-0.05, 0) is 6.42 Å². The van der Waals surface area contributed by atoms with Crippen molar-refractivity contribution in [2.75, 3.05) is 0 Å². The van der Waals surface area contributed by atoms with Crippen molar-refractivity contribution in [1.29, 1.82) is 0 Å². The van der Waals surface area contributed by atoms with E-state index in [0.29, 0.717) is 0 Å². The molecule has 0 aliphatic carbocycles. The third-order valence-corrected chi connectivity index (χ3v) is 2.81. The second-order valence-corrected chi connectivity index (χ2v) is 4.16. The Labute approximate surface area is 93.9 Å². The van der Waals surface area contributed by atoms with E-state index in [-0.39, 0.29) is 12.2 Å². The summed E-state index contributed by atoms with van der Waals surface area (Å²) in [6.07, 6.45) is -0.0974. The van der Waals surface area contributed by atoms with Crippen molar-refractivity contribution in [3.8, 4) is 0 Å². The average molecular weight is 256 g/mol. The van der Waals surface area contributed by atoms with Gasteiger partial charge in [0.2, 0.25) is 0 Å². The minimum atomic E-state index is -1.33. The minimum Gasteiger partial charge on any atom is -0.203 e. The molecule has 0 aromatic heterocycles. The topological polar surface area (TPSA) is 0 Å². The van der Waals surface area contributed by atoms with Crippen molar-refractivity contribution < 1.29 is 17.6 Å². The van der Waals surface area contributed by atoms with Gasteiger partial charge in [-0.3, -0.25) is 0 Å². The SMILES string of the molecule is CCc1c(F)c(F)c(CSS)c(F)c1F. The molecule has 0 aliphatic rings. The molecule has 0 N–H and O–H groups in total. The molecule has 6 heteroatoms. The van der Waals surface area contributed by atoms with Crippen LogP contribution in [0, 0.1) is 23.3 Å². The van der Waals surface area contributed by atoms with Gasteiger partial charge in [0.1, 0.15) is 0 Å². The highest BCUT2D eigenvalue weighted by atomic mass is 33.1. The molecule has 0 aliphatic heterocycles. The minimum absolute atomic E-state index is 0.0974. The lowest BCUT2D eigenvalue weighted by molar-refractivity contribution is 0.431. The number of benzene rings is 1. The lowest BCUT2D eigenvalue weighted by Crippen LogP contribution is -2.07. The number of rotatable bonds is 3. The molecule has 0 saturated carbocycles. The molecule has 0 fully saturated rings. The highest BCUT2D eigenvalue weighted by Gasteiger charge is 2.23. The summed E-state index contributed by atoms with van der Waals surface area (Å²) in [6.45, 7) is 1.42. The maximum absolute atomic E-state index is 13.2. The van der Waals surface area contributed by atoms with Gasteiger partial charge in [0, 0.05) is 16.9 Å². The zero-order chi connectivity index (χ0) is 11.6. The molecular weight excluding hydrogens is 248 g/mol. The Bertz CT molecular complexity index is 350. The fraction of sp³-hybridized carbons (Fsp3) is 0.333. The predicted molar refractivity (Wildman–Crippen MR) is 55.9 cm³/mol. The fourth-order valence-electron chi connectivity index (χ4n) is 1.22. The molecule has 0 heterocycles. The summed E-state index contributed by atoms with van der Waals surface area (Å²) >= 11 is 3.68. The van der Waals surface area contributed by atoms with Gasteiger partial charge in [-0.25, -0.2) is 17.6 Å². The Morgan fingerprint density at radius 2 is 1.33 bits per heavy atom. The van der Waals surface area contributed by atoms with Crippen LogP contribution in [0.15, 0.2) is 0 Å². The third kappa shape index (κ3) is 2.25. The molecule has 0 radical (unpaired) electrons. The van der Waals surface area contributed by atoms with E-state index in [1.807, 2.05) is 0 Å². The van der Waals surface area contributed by atoms with Gasteiger partial charge in [0.25, 0.3) is 0 Å². The monoisotopic (exact) mass is 256 g/mol. The Morgan fingerprint density at radius 3 is 1.67 bits per heavy atom. The predicted octanol–water partition coefficient (Wildman–Crippen LogP) is 3.88. The molecule has 1 rings (SSSR count). The number of hydrogen-bond donors (Lipinski definition) is 1. The van der Waals surface area contributed by atoms with Crippen molar-refractivity contribution >= 4 is 22.5 Å². The van der Waals surface area contributed by atoms with E-state index in [1.165, 1.54) is 6.92 Å². The molecule has 0 saturated heterocycles. The standard InChI is InChI=1S/C9H8F4S2/c1-2-4-6(10)8(12)5(3-15-14)9(13)7(4)11/h14H,2-3H2,1H3. The largest absolute Gasteiger partial charge is 0.203 e. The normalized spacial score (nSPS) is 10.8. The maximum Gasteiger partial charge on any atom is 0.166 e. The van der Waals surface area contributed by atoms with Crippen molar-refractivity contribution in [1.82, 2.24) is 0 Å². The molecule has 0 amide bonds. The van der Waals surface area contributed by atoms with Gasteiger partial charge < -0.3 is 0 Å². The number of halogens is 4. The van der Waals surface area contributed by atoms with Crippen molar-refractivity contribution in [3.63, 3.8) is 0 Å². The van der Waals surface area contributed by atoms with Gasteiger partial charge in [-0.15, -0.1) is 11.7 Å². The van der Waals surface area contributed by atoms with Crippen LogP contribution in [0.3, 0.4) is 0 Å². The summed E-state index contributed by atoms with van der Waals surface area (Å²) in [5, 5.41) is 0. The number of thiol groups is 1. The third-order valence-electron chi connectivity index (χ3n) is 2.01. The highest BCUT2D eigenvalue weighted by Crippen LogP contribution is 2.28. The van der Waals surface area contributed by atoms with Crippen LogP contribution in [-0.2, 0) is 12.2 Å². The van der Waals surface area contributed by atoms with Gasteiger partial charge in [0.05, 0.1) is 0 Å². The average Bonchev–Trinajstić information content (AvgIpc) is 2.23. The summed E-state index contributed by atoms with van der Waals surface area (Å²) in [5.41, 5.74) is -1.17. The molecule has 0 spiro atoms. The maximum atomic E-state index is 13.2. The van der Waals surface area contributed by atoms with E-state index in [4.69, 9.17) is 0 Å². The second-order valence-electron chi connectivity index (χ2n) is 2.84. The fourth-order valence-corrected chi connectivity index (χ4v) is 1.99. The lowest BCUT2D eigenvalue weighted by atomic mass is 10.1. The zero-order valence-corrected chi connectivity index (χ0v) is 9.49. The van der Waals surface area contributed by atoms with E-state index in [1.54, 1.807) is 0 Å². The molecule has 0 bridgehead atoms. The zero-order valence-electron chi connectivity index (χ0n) is 7.78. The molecule has 84 valence electrons.